The second-order valence-corrected chi connectivity index (χ2v) is 17.4. The number of methoxy groups -OCH3 is 1. The third kappa shape index (κ3) is 6.37. The molecule has 5 aliphatic rings. The number of aromatic nitrogens is 3. The summed E-state index contributed by atoms with van der Waals surface area (Å²) in [5, 5.41) is 1.67. The van der Waals surface area contributed by atoms with Gasteiger partial charge < -0.3 is 28.6 Å². The van der Waals surface area contributed by atoms with Crippen molar-refractivity contribution in [3.8, 4) is 23.0 Å². The van der Waals surface area contributed by atoms with Crippen molar-refractivity contribution in [3.63, 3.8) is 0 Å². The van der Waals surface area contributed by atoms with E-state index in [0.29, 0.717) is 65.0 Å². The lowest BCUT2D eigenvalue weighted by atomic mass is 9.78. The van der Waals surface area contributed by atoms with E-state index in [0.717, 1.165) is 58.4 Å². The molecule has 9 rings (SSSR count). The van der Waals surface area contributed by atoms with Gasteiger partial charge in [-0.1, -0.05) is 13.0 Å². The fraction of sp³-hybridized carbons (Fsp3) is 0.571. The molecule has 0 N–H and O–H groups in total. The molecule has 5 fully saturated rings. The number of benzene rings is 2. The zero-order valence-electron chi connectivity index (χ0n) is 32.8. The first-order valence-electron chi connectivity index (χ1n) is 19.9. The first-order chi connectivity index (χ1) is 26.9. The quantitative estimate of drug-likeness (QED) is 0.166. The van der Waals surface area contributed by atoms with E-state index in [2.05, 4.69) is 9.80 Å². The molecule has 298 valence electrons. The number of hydrogen-bond acceptors (Lipinski definition) is 11. The number of anilines is 1. The highest BCUT2D eigenvalue weighted by atomic mass is 19.1. The minimum atomic E-state index is -0.671. The van der Waals surface area contributed by atoms with Crippen molar-refractivity contribution < 1.29 is 37.3 Å². The summed E-state index contributed by atoms with van der Waals surface area (Å²) in [6.45, 7) is 12.3. The fourth-order valence-corrected chi connectivity index (χ4v) is 10.0. The van der Waals surface area contributed by atoms with Crippen LogP contribution < -0.4 is 14.4 Å². The number of fused-ring (bicyclic) bond motifs is 5. The van der Waals surface area contributed by atoms with Crippen LogP contribution in [0.5, 0.6) is 11.8 Å². The van der Waals surface area contributed by atoms with E-state index in [9.17, 15) is 4.79 Å². The van der Waals surface area contributed by atoms with Crippen LogP contribution in [0.2, 0.25) is 0 Å². The molecule has 7 heterocycles. The molecule has 5 saturated heterocycles. The van der Waals surface area contributed by atoms with E-state index < -0.39 is 11.4 Å². The highest BCUT2D eigenvalue weighted by Gasteiger charge is 2.58. The van der Waals surface area contributed by atoms with Crippen LogP contribution in [0, 0.1) is 17.0 Å². The van der Waals surface area contributed by atoms with Crippen molar-refractivity contribution in [2.75, 3.05) is 64.8 Å². The normalized spacial score (nSPS) is 24.3. The lowest BCUT2D eigenvalue weighted by Gasteiger charge is -2.42. The number of piperazine rings is 1. The van der Waals surface area contributed by atoms with Gasteiger partial charge in [-0.05, 0) is 100 Å². The molecule has 2 aromatic heterocycles. The van der Waals surface area contributed by atoms with Gasteiger partial charge in [-0.2, -0.15) is 9.97 Å². The van der Waals surface area contributed by atoms with Gasteiger partial charge in [-0.25, -0.2) is 13.6 Å². The van der Waals surface area contributed by atoms with Gasteiger partial charge in [0.05, 0.1) is 36.2 Å². The number of aryl methyl sites for hydroxylation is 1. The molecule has 14 heteroatoms. The van der Waals surface area contributed by atoms with E-state index in [1.54, 1.807) is 24.4 Å². The van der Waals surface area contributed by atoms with Crippen molar-refractivity contribution in [2.45, 2.75) is 89.4 Å². The fourth-order valence-electron chi connectivity index (χ4n) is 10.0. The highest BCUT2D eigenvalue weighted by molar-refractivity contribution is 6.02. The van der Waals surface area contributed by atoms with Gasteiger partial charge in [0.2, 0.25) is 0 Å². The van der Waals surface area contributed by atoms with Crippen molar-refractivity contribution in [3.05, 3.63) is 47.7 Å². The topological polar surface area (TPSA) is 112 Å². The average Bonchev–Trinajstić information content (AvgIpc) is 3.78. The molecule has 4 aromatic rings. The number of carbonyl (C=O) groups is 1. The monoisotopic (exact) mass is 772 g/mol. The Hall–Kier alpha value is -4.40. The molecular formula is C42H50F2N6O6. The lowest BCUT2D eigenvalue weighted by Crippen LogP contribution is -2.57. The van der Waals surface area contributed by atoms with Crippen molar-refractivity contribution >= 4 is 33.6 Å². The molecule has 0 aliphatic carbocycles. The largest absolute Gasteiger partial charge is 0.468 e. The third-order valence-corrected chi connectivity index (χ3v) is 12.4. The number of amides is 1. The summed E-state index contributed by atoms with van der Waals surface area (Å²) in [7, 11) is 1.52. The van der Waals surface area contributed by atoms with E-state index in [1.807, 2.05) is 32.6 Å². The lowest BCUT2D eigenvalue weighted by molar-refractivity contribution is -0.107. The Morgan fingerprint density at radius 2 is 1.86 bits per heavy atom. The number of ether oxygens (including phenoxy) is 5. The molecule has 1 spiro atoms. The molecule has 0 saturated carbocycles. The van der Waals surface area contributed by atoms with Crippen molar-refractivity contribution in [2.24, 2.45) is 5.41 Å². The Kier molecular flexibility index (Phi) is 9.24. The van der Waals surface area contributed by atoms with Gasteiger partial charge >= 0.3 is 12.1 Å². The molecule has 3 unspecified atom stereocenters. The van der Waals surface area contributed by atoms with E-state index >= 15 is 8.78 Å². The maximum atomic E-state index is 17.5. The van der Waals surface area contributed by atoms with E-state index in [4.69, 9.17) is 38.6 Å². The summed E-state index contributed by atoms with van der Waals surface area (Å²) < 4.78 is 61.8. The van der Waals surface area contributed by atoms with E-state index in [-0.39, 0.29) is 59.0 Å². The van der Waals surface area contributed by atoms with Gasteiger partial charge in [-0.3, -0.25) is 14.8 Å². The molecule has 2 bridgehead atoms. The van der Waals surface area contributed by atoms with Crippen LogP contribution in [-0.4, -0.2) is 114 Å². The Bertz CT molecular complexity index is 2180. The second-order valence-electron chi connectivity index (χ2n) is 17.4. The van der Waals surface area contributed by atoms with Crippen LogP contribution in [0.25, 0.3) is 32.9 Å². The number of pyridine rings is 1. The highest BCUT2D eigenvalue weighted by Crippen LogP contribution is 2.51. The minimum absolute atomic E-state index is 0.0133. The standard InChI is InChI=1S/C42H50F2N6O6/c1-6-29-32(43)11-8-25-14-28(55-24-52-5)15-30(33(25)29)35-34(44)36-31(16-45-35)37(48-17-26-9-10-27(18-48)50(26)39(51)56-40(2,3)4)47-38(46-36)54-23-42-12-7-13-49(42)20-41(19-42)21-53-22-41/h8,11,14-16,26-27H,6-7,9-10,12-13,17-24H2,1-5H3. The number of rotatable bonds is 9. The summed E-state index contributed by atoms with van der Waals surface area (Å²) in [6.07, 6.45) is 6.36. The van der Waals surface area contributed by atoms with Gasteiger partial charge in [0, 0.05) is 43.9 Å². The SMILES string of the molecule is CCc1c(F)ccc2cc(OCOC)cc(-c3ncc4c(N5CC6CCC(C5)N6C(=O)OC(C)(C)C)nc(OCC56CCCN5CC5(COC5)C6)nc4c3F)c12. The van der Waals surface area contributed by atoms with Crippen LogP contribution in [0.3, 0.4) is 0 Å². The summed E-state index contributed by atoms with van der Waals surface area (Å²) in [6, 6.07) is 6.42. The number of hydrogen-bond donors (Lipinski definition) is 0. The predicted octanol–water partition coefficient (Wildman–Crippen LogP) is 6.89. The number of halogens is 2. The molecular weight excluding hydrogens is 722 g/mol. The van der Waals surface area contributed by atoms with Crippen molar-refractivity contribution in [1.29, 1.82) is 0 Å². The Labute approximate surface area is 325 Å². The first-order valence-corrected chi connectivity index (χ1v) is 19.9. The van der Waals surface area contributed by atoms with Crippen LogP contribution in [0.4, 0.5) is 19.4 Å². The molecule has 2 aromatic carbocycles. The summed E-state index contributed by atoms with van der Waals surface area (Å²) in [5.41, 5.74) is 0.278. The van der Waals surface area contributed by atoms with Crippen molar-refractivity contribution in [1.82, 2.24) is 24.8 Å². The molecule has 12 nitrogen and oxygen atoms in total. The molecule has 56 heavy (non-hydrogen) atoms. The summed E-state index contributed by atoms with van der Waals surface area (Å²) in [5.74, 6) is -0.116. The van der Waals surface area contributed by atoms with Crippen LogP contribution in [0.1, 0.15) is 65.4 Å². The number of carbonyl (C=O) groups excluding carboxylic acids is 1. The van der Waals surface area contributed by atoms with Crippen LogP contribution in [0.15, 0.2) is 30.5 Å². The van der Waals surface area contributed by atoms with E-state index in [1.165, 1.54) is 13.2 Å². The van der Waals surface area contributed by atoms with Gasteiger partial charge in [0.15, 0.2) is 12.6 Å². The summed E-state index contributed by atoms with van der Waals surface area (Å²) >= 11 is 0. The smallest absolute Gasteiger partial charge is 0.410 e. The van der Waals surface area contributed by atoms with Gasteiger partial charge in [-0.15, -0.1) is 0 Å². The maximum absolute atomic E-state index is 17.5. The zero-order chi connectivity index (χ0) is 39.0. The Morgan fingerprint density at radius 1 is 1.07 bits per heavy atom. The zero-order valence-corrected chi connectivity index (χ0v) is 32.8. The average molecular weight is 773 g/mol. The maximum Gasteiger partial charge on any atom is 0.410 e. The van der Waals surface area contributed by atoms with Gasteiger partial charge in [0.25, 0.3) is 0 Å². The Balaban J connectivity index is 1.14. The summed E-state index contributed by atoms with van der Waals surface area (Å²) in [4.78, 5) is 34.3. The Morgan fingerprint density at radius 3 is 2.55 bits per heavy atom. The molecule has 0 radical (unpaired) electrons. The number of nitrogens with zero attached hydrogens (tertiary/aromatic N) is 6. The predicted molar refractivity (Wildman–Crippen MR) is 206 cm³/mol. The second kappa shape index (κ2) is 13.9. The molecule has 3 atom stereocenters. The van der Waals surface area contributed by atoms with Gasteiger partial charge in [0.1, 0.15) is 40.8 Å². The van der Waals surface area contributed by atoms with Crippen LogP contribution >= 0.6 is 0 Å². The molecule has 1 amide bonds. The minimum Gasteiger partial charge on any atom is -0.468 e. The first kappa shape index (κ1) is 37.2. The third-order valence-electron chi connectivity index (χ3n) is 12.4. The molecule has 5 aliphatic heterocycles. The van der Waals surface area contributed by atoms with Crippen LogP contribution in [-0.2, 0) is 20.6 Å².